The average molecular weight is 268 g/mol. The van der Waals surface area contributed by atoms with E-state index in [0.29, 0.717) is 10.6 Å². The molecule has 1 saturated heterocycles. The molecule has 1 fully saturated rings. The minimum atomic E-state index is -0.741. The highest BCUT2D eigenvalue weighted by molar-refractivity contribution is 5.91. The molecule has 2 rings (SSSR count). The Balaban J connectivity index is 2.05. The van der Waals surface area contributed by atoms with Gasteiger partial charge in [-0.1, -0.05) is 6.08 Å². The van der Waals surface area contributed by atoms with Gasteiger partial charge in [0.25, 0.3) is 0 Å². The van der Waals surface area contributed by atoms with Crippen LogP contribution in [0.25, 0.3) is 0 Å². The fourth-order valence-corrected chi connectivity index (χ4v) is 2.31. The van der Waals surface area contributed by atoms with E-state index >= 15 is 0 Å². The molecule has 104 valence electrons. The first-order chi connectivity index (χ1) is 8.91. The highest BCUT2D eigenvalue weighted by atomic mass is 16.5. The van der Waals surface area contributed by atoms with Crippen molar-refractivity contribution in [3.8, 4) is 0 Å². The summed E-state index contributed by atoms with van der Waals surface area (Å²) in [5, 5.41) is 15.1. The predicted octanol–water partition coefficient (Wildman–Crippen LogP) is -0.980. The minimum absolute atomic E-state index is 0.00620. The molecule has 8 nitrogen and oxygen atoms in total. The smallest absolute Gasteiger partial charge is 0.339 e. The molecule has 2 bridgehead atoms. The number of nitrogens with one attached hydrogen (secondary N) is 2. The van der Waals surface area contributed by atoms with Crippen molar-refractivity contribution in [1.82, 2.24) is 20.6 Å². The van der Waals surface area contributed by atoms with Gasteiger partial charge < -0.3 is 15.5 Å². The maximum Gasteiger partial charge on any atom is 0.345 e. The Morgan fingerprint density at radius 2 is 2.16 bits per heavy atom. The van der Waals surface area contributed by atoms with Crippen LogP contribution in [0.1, 0.15) is 13.8 Å². The number of carbonyl (C=O) groups is 3. The Bertz CT molecular complexity index is 462. The number of hydrogen-bond donors (Lipinski definition) is 3. The van der Waals surface area contributed by atoms with Crippen molar-refractivity contribution in [2.45, 2.75) is 25.9 Å². The normalized spacial score (nSPS) is 25.2. The highest BCUT2D eigenvalue weighted by Gasteiger charge is 2.46. The second kappa shape index (κ2) is 4.88. The number of hydroxylamine groups is 2. The van der Waals surface area contributed by atoms with Gasteiger partial charge in [-0.15, -0.1) is 0 Å². The van der Waals surface area contributed by atoms with E-state index in [1.54, 1.807) is 13.0 Å². The summed E-state index contributed by atoms with van der Waals surface area (Å²) in [6.07, 6.45) is 1.70. The summed E-state index contributed by atoms with van der Waals surface area (Å²) >= 11 is 0. The molecule has 19 heavy (non-hydrogen) atoms. The first-order valence-corrected chi connectivity index (χ1v) is 5.91. The van der Waals surface area contributed by atoms with Crippen LogP contribution >= 0.6 is 0 Å². The average Bonchev–Trinajstić information content (AvgIpc) is 2.54. The Morgan fingerprint density at radius 3 is 2.79 bits per heavy atom. The van der Waals surface area contributed by atoms with Gasteiger partial charge in [0, 0.05) is 6.92 Å². The summed E-state index contributed by atoms with van der Waals surface area (Å²) < 4.78 is 0. The third-order valence-electron chi connectivity index (χ3n) is 3.19. The molecule has 0 radical (unpaired) electrons. The standard InChI is InChI=1S/C11H16N4O4/c1-6-3-8-4-14(11(18)15(8)19)9(6)10(17)13-5-12-7(2)16/h3,8-9,19H,4-5H2,1-2H3,(H,12,16)(H,13,17)/t8-,9+/m1/s1. The maximum atomic E-state index is 12.0. The van der Waals surface area contributed by atoms with Crippen molar-refractivity contribution in [3.63, 3.8) is 0 Å². The van der Waals surface area contributed by atoms with Crippen molar-refractivity contribution in [2.75, 3.05) is 13.2 Å². The summed E-state index contributed by atoms with van der Waals surface area (Å²) in [7, 11) is 0. The van der Waals surface area contributed by atoms with Crippen molar-refractivity contribution in [2.24, 2.45) is 0 Å². The van der Waals surface area contributed by atoms with Crippen LogP contribution in [0.3, 0.4) is 0 Å². The van der Waals surface area contributed by atoms with Crippen LogP contribution in [0.2, 0.25) is 0 Å². The van der Waals surface area contributed by atoms with Gasteiger partial charge in [0.1, 0.15) is 6.04 Å². The monoisotopic (exact) mass is 268 g/mol. The van der Waals surface area contributed by atoms with Gasteiger partial charge in [-0.3, -0.25) is 14.8 Å². The number of hydrogen-bond acceptors (Lipinski definition) is 4. The van der Waals surface area contributed by atoms with Crippen LogP contribution in [0, 0.1) is 0 Å². The Hall–Kier alpha value is -2.09. The fraction of sp³-hybridized carbons (Fsp3) is 0.545. The van der Waals surface area contributed by atoms with E-state index in [2.05, 4.69) is 10.6 Å². The van der Waals surface area contributed by atoms with Crippen molar-refractivity contribution in [3.05, 3.63) is 11.6 Å². The lowest BCUT2D eigenvalue weighted by molar-refractivity contribution is -0.124. The topological polar surface area (TPSA) is 102 Å². The Kier molecular flexibility index (Phi) is 3.43. The summed E-state index contributed by atoms with van der Waals surface area (Å²) in [5.41, 5.74) is 0.696. The first kappa shape index (κ1) is 13.3. The third-order valence-corrected chi connectivity index (χ3v) is 3.19. The van der Waals surface area contributed by atoms with Gasteiger partial charge in [0.2, 0.25) is 11.8 Å². The summed E-state index contributed by atoms with van der Waals surface area (Å²) in [5.74, 6) is -0.639. The maximum absolute atomic E-state index is 12.0. The van der Waals surface area contributed by atoms with Gasteiger partial charge in [-0.05, 0) is 12.5 Å². The zero-order valence-corrected chi connectivity index (χ0v) is 10.7. The van der Waals surface area contributed by atoms with Crippen LogP contribution in [-0.2, 0) is 9.59 Å². The highest BCUT2D eigenvalue weighted by Crippen LogP contribution is 2.27. The Morgan fingerprint density at radius 1 is 1.47 bits per heavy atom. The van der Waals surface area contributed by atoms with Crippen molar-refractivity contribution < 1.29 is 19.6 Å². The van der Waals surface area contributed by atoms with Gasteiger partial charge in [0.05, 0.1) is 19.3 Å². The number of rotatable bonds is 3. The van der Waals surface area contributed by atoms with Crippen LogP contribution in [-0.4, -0.2) is 58.3 Å². The molecule has 2 aliphatic rings. The number of fused-ring (bicyclic) bond motifs is 2. The van der Waals surface area contributed by atoms with Gasteiger partial charge >= 0.3 is 6.03 Å². The predicted molar refractivity (Wildman–Crippen MR) is 63.9 cm³/mol. The lowest BCUT2D eigenvalue weighted by atomic mass is 10.0. The van der Waals surface area contributed by atoms with Crippen molar-refractivity contribution >= 4 is 17.8 Å². The van der Waals surface area contributed by atoms with Crippen molar-refractivity contribution in [1.29, 1.82) is 0 Å². The van der Waals surface area contributed by atoms with Gasteiger partial charge in [-0.2, -0.15) is 5.06 Å². The number of nitrogens with zero attached hydrogens (tertiary/aromatic N) is 2. The van der Waals surface area contributed by atoms with E-state index in [-0.39, 0.29) is 25.0 Å². The van der Waals surface area contributed by atoms with E-state index in [1.807, 2.05) is 0 Å². The zero-order valence-electron chi connectivity index (χ0n) is 10.7. The Labute approximate surface area is 110 Å². The van der Waals surface area contributed by atoms with Crippen LogP contribution in [0.5, 0.6) is 0 Å². The molecule has 0 aromatic heterocycles. The number of amides is 4. The third kappa shape index (κ3) is 2.39. The summed E-state index contributed by atoms with van der Waals surface area (Å²) in [4.78, 5) is 35.8. The molecule has 2 heterocycles. The molecule has 0 aliphatic carbocycles. The second-order valence-electron chi connectivity index (χ2n) is 4.61. The molecule has 2 aliphatic heterocycles. The summed E-state index contributed by atoms with van der Waals surface area (Å²) in [6.45, 7) is 3.36. The lowest BCUT2D eigenvalue weighted by Crippen LogP contribution is -2.51. The largest absolute Gasteiger partial charge is 0.345 e. The quantitative estimate of drug-likeness (QED) is 0.348. The molecule has 0 unspecified atom stereocenters. The van der Waals surface area contributed by atoms with Gasteiger partial charge in [-0.25, -0.2) is 4.79 Å². The second-order valence-corrected chi connectivity index (χ2v) is 4.61. The molecular formula is C11H16N4O4. The molecule has 0 saturated carbocycles. The molecule has 0 aromatic rings. The van der Waals surface area contributed by atoms with Crippen LogP contribution < -0.4 is 10.6 Å². The van der Waals surface area contributed by atoms with E-state index in [9.17, 15) is 19.6 Å². The van der Waals surface area contributed by atoms with E-state index in [0.717, 1.165) is 0 Å². The molecule has 2 atom stereocenters. The molecular weight excluding hydrogens is 252 g/mol. The molecule has 0 spiro atoms. The minimum Gasteiger partial charge on any atom is -0.339 e. The number of urea groups is 1. The van der Waals surface area contributed by atoms with E-state index in [4.69, 9.17) is 0 Å². The number of carbonyl (C=O) groups excluding carboxylic acids is 3. The fourth-order valence-electron chi connectivity index (χ4n) is 2.31. The van der Waals surface area contributed by atoms with E-state index < -0.39 is 18.1 Å². The van der Waals surface area contributed by atoms with Gasteiger partial charge in [0.15, 0.2) is 0 Å². The lowest BCUT2D eigenvalue weighted by Gasteiger charge is -2.29. The summed E-state index contributed by atoms with van der Waals surface area (Å²) in [6, 6.07) is -1.72. The molecule has 4 amide bonds. The molecule has 3 N–H and O–H groups in total. The molecule has 8 heteroatoms. The first-order valence-electron chi connectivity index (χ1n) is 5.91. The zero-order chi connectivity index (χ0) is 14.2. The van der Waals surface area contributed by atoms with E-state index in [1.165, 1.54) is 11.8 Å². The SMILES string of the molecule is CC(=O)NCNC(=O)[C@@H]1C(C)=C[C@@H]2CN1C(=O)N2O. The molecule has 0 aromatic carbocycles. The van der Waals surface area contributed by atoms with Crippen LogP contribution in [0.15, 0.2) is 11.6 Å². The van der Waals surface area contributed by atoms with Crippen LogP contribution in [0.4, 0.5) is 4.79 Å².